The second kappa shape index (κ2) is 9.65. The first-order chi connectivity index (χ1) is 12.5. The Morgan fingerprint density at radius 3 is 2.85 bits per heavy atom. The molecule has 1 aromatic rings. The molecule has 3 heterocycles. The van der Waals surface area contributed by atoms with E-state index in [9.17, 15) is 19.7 Å². The number of carbonyl (C=O) groups is 2. The van der Waals surface area contributed by atoms with E-state index in [0.29, 0.717) is 19.6 Å². The van der Waals surface area contributed by atoms with E-state index in [2.05, 4.69) is 15.7 Å². The molecule has 27 heavy (non-hydrogen) atoms. The van der Waals surface area contributed by atoms with Crippen LogP contribution in [0.3, 0.4) is 0 Å². The van der Waals surface area contributed by atoms with Gasteiger partial charge in [0.1, 0.15) is 18.9 Å². The topological polar surface area (TPSA) is 122 Å². The van der Waals surface area contributed by atoms with Gasteiger partial charge in [-0.05, 0) is 38.1 Å². The fourth-order valence-corrected chi connectivity index (χ4v) is 3.51. The number of piperidine rings is 1. The maximum atomic E-state index is 12.4. The highest BCUT2D eigenvalue weighted by Gasteiger charge is 2.26. The van der Waals surface area contributed by atoms with Crippen molar-refractivity contribution in [2.24, 2.45) is 5.92 Å². The Labute approximate surface area is 163 Å². The minimum atomic E-state index is -0.535. The van der Waals surface area contributed by atoms with E-state index in [1.54, 1.807) is 4.90 Å². The van der Waals surface area contributed by atoms with Crippen molar-refractivity contribution in [3.05, 3.63) is 22.5 Å². The van der Waals surface area contributed by atoms with E-state index in [1.165, 1.54) is 10.9 Å². The van der Waals surface area contributed by atoms with Gasteiger partial charge >= 0.3 is 5.69 Å². The summed E-state index contributed by atoms with van der Waals surface area (Å²) >= 11 is 0. The molecule has 0 radical (unpaired) electrons. The number of hydrogen-bond acceptors (Lipinski definition) is 6. The quantitative estimate of drug-likeness (QED) is 0.523. The number of hydrogen-bond donors (Lipinski definition) is 2. The van der Waals surface area contributed by atoms with Gasteiger partial charge in [0.15, 0.2) is 0 Å². The molecule has 0 aliphatic carbocycles. The molecule has 0 spiro atoms. The molecule has 0 aromatic carbocycles. The third kappa shape index (κ3) is 5.64. The van der Waals surface area contributed by atoms with Crippen LogP contribution < -0.4 is 10.6 Å². The summed E-state index contributed by atoms with van der Waals surface area (Å²) in [5.74, 6) is 0.149. The Bertz CT molecular complexity index is 676. The second-order valence-electron chi connectivity index (χ2n) is 6.90. The Hall–Kier alpha value is -2.20. The molecule has 150 valence electrons. The van der Waals surface area contributed by atoms with Crippen LogP contribution in [0.2, 0.25) is 0 Å². The van der Waals surface area contributed by atoms with Gasteiger partial charge in [-0.25, -0.2) is 0 Å². The van der Waals surface area contributed by atoms with Gasteiger partial charge in [-0.1, -0.05) is 0 Å². The number of nitrogens with zero attached hydrogens (tertiary/aromatic N) is 4. The van der Waals surface area contributed by atoms with E-state index in [-0.39, 0.29) is 48.4 Å². The highest BCUT2D eigenvalue weighted by molar-refractivity contribution is 5.85. The van der Waals surface area contributed by atoms with Crippen molar-refractivity contribution in [3.63, 3.8) is 0 Å². The summed E-state index contributed by atoms with van der Waals surface area (Å²) in [6, 6.07) is -0.0908. The summed E-state index contributed by atoms with van der Waals surface area (Å²) < 4.78 is 1.29. The van der Waals surface area contributed by atoms with Crippen molar-refractivity contribution < 1.29 is 14.5 Å². The Morgan fingerprint density at radius 1 is 1.37 bits per heavy atom. The van der Waals surface area contributed by atoms with Crippen LogP contribution in [0.4, 0.5) is 5.69 Å². The number of halogens is 1. The van der Waals surface area contributed by atoms with Gasteiger partial charge in [-0.15, -0.1) is 12.4 Å². The molecule has 2 N–H and O–H groups in total. The van der Waals surface area contributed by atoms with Crippen LogP contribution in [-0.2, 0) is 16.1 Å². The van der Waals surface area contributed by atoms with Gasteiger partial charge in [0.05, 0.1) is 11.0 Å². The third-order valence-electron chi connectivity index (χ3n) is 4.94. The highest BCUT2D eigenvalue weighted by atomic mass is 35.5. The number of likely N-dealkylation sites (tertiary alicyclic amines) is 1. The number of carbonyl (C=O) groups excluding carboxylic acids is 2. The molecule has 2 atom stereocenters. The molecular formula is C16H25ClN6O4. The lowest BCUT2D eigenvalue weighted by Crippen LogP contribution is -2.47. The van der Waals surface area contributed by atoms with E-state index < -0.39 is 4.92 Å². The van der Waals surface area contributed by atoms with Crippen LogP contribution in [0.25, 0.3) is 0 Å². The molecule has 2 amide bonds. The normalized spacial score (nSPS) is 22.1. The molecule has 2 aliphatic heterocycles. The van der Waals surface area contributed by atoms with Gasteiger partial charge in [0, 0.05) is 19.6 Å². The monoisotopic (exact) mass is 400 g/mol. The molecule has 11 heteroatoms. The van der Waals surface area contributed by atoms with Gasteiger partial charge in [-0.3, -0.25) is 24.4 Å². The van der Waals surface area contributed by atoms with Gasteiger partial charge < -0.3 is 15.5 Å². The summed E-state index contributed by atoms with van der Waals surface area (Å²) in [5.41, 5.74) is -0.127. The zero-order valence-corrected chi connectivity index (χ0v) is 15.8. The Morgan fingerprint density at radius 2 is 2.19 bits per heavy atom. The standard InChI is InChI=1S/C16H24N6O4.ClH/c23-15(11-21-10-13(8-19-21)22(25)26)20-6-2-3-12(9-20)7-18-16(24)14-4-1-5-17-14;/h8,10,12,14,17H,1-7,9,11H2,(H,18,24);1H. The third-order valence-corrected chi connectivity index (χ3v) is 4.94. The first kappa shape index (κ1) is 21.1. The molecule has 2 fully saturated rings. The maximum absolute atomic E-state index is 12.4. The predicted molar refractivity (Wildman–Crippen MR) is 99.5 cm³/mol. The van der Waals surface area contributed by atoms with E-state index in [4.69, 9.17) is 0 Å². The second-order valence-corrected chi connectivity index (χ2v) is 6.90. The largest absolute Gasteiger partial charge is 0.354 e. The van der Waals surface area contributed by atoms with E-state index in [0.717, 1.165) is 38.4 Å². The highest BCUT2D eigenvalue weighted by Crippen LogP contribution is 2.17. The van der Waals surface area contributed by atoms with Crippen molar-refractivity contribution in [3.8, 4) is 0 Å². The zero-order chi connectivity index (χ0) is 18.5. The van der Waals surface area contributed by atoms with Gasteiger partial charge in [0.25, 0.3) is 0 Å². The molecule has 0 bridgehead atoms. The first-order valence-corrected chi connectivity index (χ1v) is 8.98. The molecule has 10 nitrogen and oxygen atoms in total. The van der Waals surface area contributed by atoms with Gasteiger partial charge in [-0.2, -0.15) is 5.10 Å². The SMILES string of the molecule is Cl.O=C(NCC1CCCN(C(=O)Cn2cc([N+](=O)[O-])cn2)C1)C1CCCN1. The lowest BCUT2D eigenvalue weighted by atomic mass is 9.97. The smallest absolute Gasteiger partial charge is 0.307 e. The lowest BCUT2D eigenvalue weighted by Gasteiger charge is -2.33. The van der Waals surface area contributed by atoms with E-state index in [1.807, 2.05) is 0 Å². The Balaban J connectivity index is 0.00000261. The molecule has 3 rings (SSSR count). The predicted octanol–water partition coefficient (Wildman–Crippen LogP) is 0.320. The Kier molecular flexibility index (Phi) is 7.55. The van der Waals surface area contributed by atoms with Crippen molar-refractivity contribution >= 4 is 29.9 Å². The number of nitrogens with one attached hydrogen (secondary N) is 2. The minimum Gasteiger partial charge on any atom is -0.354 e. The molecular weight excluding hydrogens is 376 g/mol. The first-order valence-electron chi connectivity index (χ1n) is 8.98. The number of nitro groups is 1. The number of rotatable bonds is 6. The fourth-order valence-electron chi connectivity index (χ4n) is 3.51. The summed E-state index contributed by atoms with van der Waals surface area (Å²) in [5, 5.41) is 20.7. The molecule has 2 saturated heterocycles. The van der Waals surface area contributed by atoms with Gasteiger partial charge in [0.2, 0.25) is 11.8 Å². The summed E-state index contributed by atoms with van der Waals surface area (Å²) in [6.07, 6.45) is 6.14. The van der Waals surface area contributed by atoms with E-state index >= 15 is 0 Å². The fraction of sp³-hybridized carbons (Fsp3) is 0.688. The van der Waals surface area contributed by atoms with Crippen LogP contribution in [0.1, 0.15) is 25.7 Å². The maximum Gasteiger partial charge on any atom is 0.307 e. The number of amides is 2. The van der Waals surface area contributed by atoms with Crippen molar-refractivity contribution in [2.45, 2.75) is 38.3 Å². The molecule has 2 aliphatic rings. The molecule has 1 aromatic heterocycles. The van der Waals surface area contributed by atoms with Crippen LogP contribution >= 0.6 is 12.4 Å². The molecule has 2 unspecified atom stereocenters. The van der Waals surface area contributed by atoms with Crippen molar-refractivity contribution in [1.29, 1.82) is 0 Å². The zero-order valence-electron chi connectivity index (χ0n) is 15.0. The van der Waals surface area contributed by atoms with Crippen LogP contribution in [0.5, 0.6) is 0 Å². The lowest BCUT2D eigenvalue weighted by molar-refractivity contribution is -0.385. The summed E-state index contributed by atoms with van der Waals surface area (Å²) in [6.45, 7) is 2.68. The molecule has 0 saturated carbocycles. The summed E-state index contributed by atoms with van der Waals surface area (Å²) in [7, 11) is 0. The van der Waals surface area contributed by atoms with Crippen molar-refractivity contribution in [2.75, 3.05) is 26.2 Å². The van der Waals surface area contributed by atoms with Crippen molar-refractivity contribution in [1.82, 2.24) is 25.3 Å². The number of aromatic nitrogens is 2. The average Bonchev–Trinajstić information content (AvgIpc) is 3.32. The summed E-state index contributed by atoms with van der Waals surface area (Å²) in [4.78, 5) is 36.4. The minimum absolute atomic E-state index is 0. The van der Waals surface area contributed by atoms with Crippen LogP contribution in [-0.4, -0.2) is 63.6 Å². The van der Waals surface area contributed by atoms with Crippen LogP contribution in [0, 0.1) is 16.0 Å². The van der Waals surface area contributed by atoms with Crippen LogP contribution in [0.15, 0.2) is 12.4 Å². The average molecular weight is 401 g/mol.